The van der Waals surface area contributed by atoms with Crippen LogP contribution < -0.4 is 10.9 Å². The van der Waals surface area contributed by atoms with Gasteiger partial charge in [0.1, 0.15) is 0 Å². The quantitative estimate of drug-likeness (QED) is 0.703. The Hall–Kier alpha value is -2.37. The average molecular weight is 350 g/mol. The minimum atomic E-state index is 0.515. The van der Waals surface area contributed by atoms with Crippen LogP contribution in [0.5, 0.6) is 0 Å². The summed E-state index contributed by atoms with van der Waals surface area (Å²) in [6.07, 6.45) is 7.79. The Morgan fingerprint density at radius 3 is 2.50 bits per heavy atom. The number of benzene rings is 1. The SMILES string of the molecule is CC1NNC(C)C1CCCn1cnc(-c2ccccc2)c1-c1ccoc1. The zero-order valence-electron chi connectivity index (χ0n) is 15.4. The van der Waals surface area contributed by atoms with E-state index >= 15 is 0 Å². The van der Waals surface area contributed by atoms with Crippen molar-refractivity contribution in [3.8, 4) is 22.5 Å². The van der Waals surface area contributed by atoms with Crippen molar-refractivity contribution in [3.63, 3.8) is 0 Å². The number of nitrogens with zero attached hydrogens (tertiary/aromatic N) is 2. The van der Waals surface area contributed by atoms with E-state index in [1.54, 1.807) is 12.5 Å². The molecular weight excluding hydrogens is 324 g/mol. The fourth-order valence-electron chi connectivity index (χ4n) is 3.97. The number of rotatable bonds is 6. The number of furan rings is 1. The van der Waals surface area contributed by atoms with Crippen LogP contribution in [0.15, 0.2) is 59.7 Å². The number of aryl methyl sites for hydroxylation is 1. The van der Waals surface area contributed by atoms with Crippen LogP contribution in [-0.2, 0) is 6.54 Å². The predicted octanol–water partition coefficient (Wildman–Crippen LogP) is 4.09. The molecule has 1 saturated heterocycles. The third kappa shape index (κ3) is 3.32. The first-order valence-electron chi connectivity index (χ1n) is 9.38. The monoisotopic (exact) mass is 350 g/mol. The van der Waals surface area contributed by atoms with Crippen LogP contribution >= 0.6 is 0 Å². The van der Waals surface area contributed by atoms with Crippen LogP contribution in [-0.4, -0.2) is 21.6 Å². The van der Waals surface area contributed by atoms with Crippen molar-refractivity contribution in [3.05, 3.63) is 55.3 Å². The number of hydrazine groups is 1. The Kier molecular flexibility index (Phi) is 4.91. The van der Waals surface area contributed by atoms with Crippen LogP contribution in [0.1, 0.15) is 26.7 Å². The minimum absolute atomic E-state index is 0.515. The molecule has 26 heavy (non-hydrogen) atoms. The van der Waals surface area contributed by atoms with E-state index in [4.69, 9.17) is 9.40 Å². The maximum Gasteiger partial charge on any atom is 0.0996 e. The zero-order valence-corrected chi connectivity index (χ0v) is 15.4. The maximum atomic E-state index is 5.34. The summed E-state index contributed by atoms with van der Waals surface area (Å²) in [7, 11) is 0. The van der Waals surface area contributed by atoms with Gasteiger partial charge in [-0.1, -0.05) is 30.3 Å². The van der Waals surface area contributed by atoms with Crippen LogP contribution in [0.2, 0.25) is 0 Å². The molecule has 0 spiro atoms. The highest BCUT2D eigenvalue weighted by Gasteiger charge is 2.29. The van der Waals surface area contributed by atoms with Crippen molar-refractivity contribution in [2.24, 2.45) is 5.92 Å². The first-order chi connectivity index (χ1) is 12.7. The second-order valence-electron chi connectivity index (χ2n) is 7.19. The van der Waals surface area contributed by atoms with E-state index in [1.165, 1.54) is 6.42 Å². The highest BCUT2D eigenvalue weighted by atomic mass is 16.3. The predicted molar refractivity (Wildman–Crippen MR) is 103 cm³/mol. The van der Waals surface area contributed by atoms with E-state index in [0.717, 1.165) is 35.5 Å². The fourth-order valence-corrected chi connectivity index (χ4v) is 3.97. The molecule has 2 atom stereocenters. The second-order valence-corrected chi connectivity index (χ2v) is 7.19. The molecule has 136 valence electrons. The van der Waals surface area contributed by atoms with Gasteiger partial charge >= 0.3 is 0 Å². The van der Waals surface area contributed by atoms with Crippen molar-refractivity contribution >= 4 is 0 Å². The molecule has 2 unspecified atom stereocenters. The zero-order chi connectivity index (χ0) is 17.9. The van der Waals surface area contributed by atoms with Gasteiger partial charge in [-0.05, 0) is 38.7 Å². The van der Waals surface area contributed by atoms with Gasteiger partial charge in [-0.15, -0.1) is 0 Å². The lowest BCUT2D eigenvalue weighted by Gasteiger charge is -2.18. The molecule has 0 radical (unpaired) electrons. The molecule has 1 aliphatic rings. The minimum Gasteiger partial charge on any atom is -0.472 e. The summed E-state index contributed by atoms with van der Waals surface area (Å²) < 4.78 is 7.60. The molecule has 3 heterocycles. The van der Waals surface area contributed by atoms with Gasteiger partial charge in [0, 0.05) is 29.8 Å². The molecule has 0 aliphatic carbocycles. The highest BCUT2D eigenvalue weighted by Crippen LogP contribution is 2.32. The van der Waals surface area contributed by atoms with E-state index < -0.39 is 0 Å². The summed E-state index contributed by atoms with van der Waals surface area (Å²) in [5.41, 5.74) is 11.0. The average Bonchev–Trinajstić information content (AvgIpc) is 3.38. The summed E-state index contributed by atoms with van der Waals surface area (Å²) in [6, 6.07) is 13.4. The van der Waals surface area contributed by atoms with Gasteiger partial charge in [0.2, 0.25) is 0 Å². The Morgan fingerprint density at radius 1 is 1.04 bits per heavy atom. The third-order valence-electron chi connectivity index (χ3n) is 5.44. The van der Waals surface area contributed by atoms with Gasteiger partial charge in [0.25, 0.3) is 0 Å². The van der Waals surface area contributed by atoms with Gasteiger partial charge in [-0.25, -0.2) is 4.98 Å². The standard InChI is InChI=1S/C21H26N4O/c1-15-19(16(2)24-23-15)9-6-11-25-14-22-20(17-7-4-3-5-8-17)21(25)18-10-12-26-13-18/h3-5,7-8,10,12-16,19,23-24H,6,9,11H2,1-2H3. The van der Waals surface area contributed by atoms with Crippen LogP contribution in [0.25, 0.3) is 22.5 Å². The highest BCUT2D eigenvalue weighted by molar-refractivity contribution is 5.78. The third-order valence-corrected chi connectivity index (χ3v) is 5.44. The largest absolute Gasteiger partial charge is 0.472 e. The summed E-state index contributed by atoms with van der Waals surface area (Å²) in [5, 5.41) is 0. The van der Waals surface area contributed by atoms with Crippen molar-refractivity contribution in [2.75, 3.05) is 0 Å². The van der Waals surface area contributed by atoms with Crippen LogP contribution in [0.3, 0.4) is 0 Å². The van der Waals surface area contributed by atoms with Crippen molar-refractivity contribution < 1.29 is 4.42 Å². The number of hydrogen-bond donors (Lipinski definition) is 2. The molecule has 5 heteroatoms. The van der Waals surface area contributed by atoms with E-state index in [2.05, 4.69) is 53.5 Å². The first-order valence-corrected chi connectivity index (χ1v) is 9.38. The summed E-state index contributed by atoms with van der Waals surface area (Å²) in [4.78, 5) is 4.72. The molecule has 4 rings (SSSR count). The molecule has 0 bridgehead atoms. The number of aromatic nitrogens is 2. The van der Waals surface area contributed by atoms with Gasteiger partial charge in [-0.3, -0.25) is 10.9 Å². The number of imidazole rings is 1. The molecule has 2 aromatic heterocycles. The van der Waals surface area contributed by atoms with Crippen LogP contribution in [0, 0.1) is 5.92 Å². The molecule has 1 aliphatic heterocycles. The van der Waals surface area contributed by atoms with Crippen molar-refractivity contribution in [1.29, 1.82) is 0 Å². The fraction of sp³-hybridized carbons (Fsp3) is 0.381. The van der Waals surface area contributed by atoms with Gasteiger partial charge in [0.15, 0.2) is 0 Å². The van der Waals surface area contributed by atoms with E-state index in [1.807, 2.05) is 18.5 Å². The molecule has 0 amide bonds. The van der Waals surface area contributed by atoms with Crippen molar-refractivity contribution in [2.45, 2.75) is 45.3 Å². The van der Waals surface area contributed by atoms with Gasteiger partial charge < -0.3 is 8.98 Å². The first kappa shape index (κ1) is 17.1. The lowest BCUT2D eigenvalue weighted by molar-refractivity contribution is 0.390. The molecule has 1 fully saturated rings. The Labute approximate surface area is 154 Å². The van der Waals surface area contributed by atoms with Crippen LogP contribution in [0.4, 0.5) is 0 Å². The molecule has 0 saturated carbocycles. The second kappa shape index (κ2) is 7.48. The molecule has 5 nitrogen and oxygen atoms in total. The van der Waals surface area contributed by atoms with E-state index in [9.17, 15) is 0 Å². The topological polar surface area (TPSA) is 55.0 Å². The molecule has 3 aromatic rings. The lowest BCUT2D eigenvalue weighted by atomic mass is 9.91. The summed E-state index contributed by atoms with van der Waals surface area (Å²) in [6.45, 7) is 5.46. The number of nitrogens with one attached hydrogen (secondary N) is 2. The molecular formula is C21H26N4O. The van der Waals surface area contributed by atoms with E-state index in [-0.39, 0.29) is 0 Å². The summed E-state index contributed by atoms with van der Waals surface area (Å²) >= 11 is 0. The normalized spacial score (nSPS) is 22.8. The Morgan fingerprint density at radius 2 is 1.81 bits per heavy atom. The van der Waals surface area contributed by atoms with Gasteiger partial charge in [0.05, 0.1) is 30.2 Å². The lowest BCUT2D eigenvalue weighted by Crippen LogP contribution is -2.30. The van der Waals surface area contributed by atoms with Gasteiger partial charge in [-0.2, -0.15) is 0 Å². The smallest absolute Gasteiger partial charge is 0.0996 e. The maximum absolute atomic E-state index is 5.34. The van der Waals surface area contributed by atoms with Crippen molar-refractivity contribution in [1.82, 2.24) is 20.4 Å². The molecule has 2 N–H and O–H groups in total. The Balaban J connectivity index is 1.56. The summed E-state index contributed by atoms with van der Waals surface area (Å²) in [5.74, 6) is 0.657. The number of hydrogen-bond acceptors (Lipinski definition) is 4. The Bertz CT molecular complexity index is 815. The van der Waals surface area contributed by atoms with E-state index in [0.29, 0.717) is 18.0 Å². The molecule has 1 aromatic carbocycles.